The van der Waals surface area contributed by atoms with Crippen molar-refractivity contribution in [3.63, 3.8) is 0 Å². The van der Waals surface area contributed by atoms with E-state index in [9.17, 15) is 9.90 Å². The molecule has 0 saturated carbocycles. The van der Waals surface area contributed by atoms with E-state index in [1.807, 2.05) is 47.0 Å². The Morgan fingerprint density at radius 3 is 2.39 bits per heavy atom. The average Bonchev–Trinajstić information content (AvgIpc) is 3.18. The van der Waals surface area contributed by atoms with Gasteiger partial charge in [-0.3, -0.25) is 14.3 Å². The lowest BCUT2D eigenvalue weighted by Crippen LogP contribution is -2.28. The minimum Gasteiger partial charge on any atom is -0.497 e. The number of ether oxygens (including phenoxy) is 1. The van der Waals surface area contributed by atoms with Crippen molar-refractivity contribution in [2.24, 2.45) is 15.4 Å². The zero-order valence-corrected chi connectivity index (χ0v) is 24.1. The molecule has 38 heavy (non-hydrogen) atoms. The number of hydrogen-bond acceptors (Lipinski definition) is 7. The van der Waals surface area contributed by atoms with Gasteiger partial charge in [-0.2, -0.15) is 0 Å². The zero-order chi connectivity index (χ0) is 27.5. The summed E-state index contributed by atoms with van der Waals surface area (Å²) in [6, 6.07) is 13.1. The second-order valence-electron chi connectivity index (χ2n) is 9.00. The standard InChI is InChI=1S/C28H36BrN5O4/c1-5-7-15-33(16-8-6-2)19-34-25-14-11-22(29)17-24(25)27(28(34)36)31-30-26(35)18-38-32-20(3)21-9-12-23(37-4)13-10-21/h9-14,17,36H,5-8,15-16,18-19H2,1-4H3. The van der Waals surface area contributed by atoms with Gasteiger partial charge in [0.25, 0.3) is 0 Å². The summed E-state index contributed by atoms with van der Waals surface area (Å²) in [6.07, 6.45) is 4.36. The van der Waals surface area contributed by atoms with Gasteiger partial charge in [0.2, 0.25) is 5.88 Å². The maximum Gasteiger partial charge on any atom is 0.304 e. The zero-order valence-electron chi connectivity index (χ0n) is 22.5. The minimum absolute atomic E-state index is 0.0260. The predicted molar refractivity (Wildman–Crippen MR) is 153 cm³/mol. The lowest BCUT2D eigenvalue weighted by molar-refractivity contribution is -0.122. The van der Waals surface area contributed by atoms with Crippen LogP contribution in [0.3, 0.4) is 0 Å². The van der Waals surface area contributed by atoms with Crippen LogP contribution in [0.4, 0.5) is 5.69 Å². The average molecular weight is 587 g/mol. The molecule has 1 N–H and O–H groups in total. The molecule has 3 rings (SSSR count). The number of nitrogens with zero attached hydrogens (tertiary/aromatic N) is 5. The molecule has 0 fully saturated rings. The lowest BCUT2D eigenvalue weighted by Gasteiger charge is -2.23. The number of amides is 1. The number of azo groups is 1. The third kappa shape index (κ3) is 7.88. The fourth-order valence-electron chi connectivity index (χ4n) is 3.96. The number of halogens is 1. The van der Waals surface area contributed by atoms with E-state index in [1.54, 1.807) is 14.0 Å². The van der Waals surface area contributed by atoms with Crippen LogP contribution in [0.1, 0.15) is 52.0 Å². The van der Waals surface area contributed by atoms with Gasteiger partial charge in [-0.25, -0.2) is 0 Å². The Hall–Kier alpha value is -3.24. The van der Waals surface area contributed by atoms with Crippen molar-refractivity contribution in [3.8, 4) is 11.6 Å². The summed E-state index contributed by atoms with van der Waals surface area (Å²) in [6.45, 7) is 8.15. The topological polar surface area (TPSA) is 101 Å². The number of aromatic hydroxyl groups is 1. The molecule has 0 spiro atoms. The van der Waals surface area contributed by atoms with Crippen LogP contribution in [0.25, 0.3) is 10.9 Å². The third-order valence-corrected chi connectivity index (χ3v) is 6.62. The highest BCUT2D eigenvalue weighted by molar-refractivity contribution is 9.10. The number of fused-ring (bicyclic) bond motifs is 1. The van der Waals surface area contributed by atoms with E-state index in [0.717, 1.165) is 60.1 Å². The molecule has 0 unspecified atom stereocenters. The van der Waals surface area contributed by atoms with Gasteiger partial charge in [-0.15, -0.1) is 10.2 Å². The van der Waals surface area contributed by atoms with Gasteiger partial charge in [0, 0.05) is 9.86 Å². The summed E-state index contributed by atoms with van der Waals surface area (Å²) in [4.78, 5) is 19.9. The van der Waals surface area contributed by atoms with E-state index < -0.39 is 5.91 Å². The second-order valence-corrected chi connectivity index (χ2v) is 9.92. The minimum atomic E-state index is -0.612. The Morgan fingerprint density at radius 2 is 1.76 bits per heavy atom. The Morgan fingerprint density at radius 1 is 1.08 bits per heavy atom. The Labute approximate surface area is 232 Å². The molecule has 1 aromatic heterocycles. The molecular weight excluding hydrogens is 550 g/mol. The largest absolute Gasteiger partial charge is 0.497 e. The summed E-state index contributed by atoms with van der Waals surface area (Å²) in [5.41, 5.74) is 2.52. The molecule has 3 aromatic rings. The molecule has 0 atom stereocenters. The molecule has 0 aliphatic carbocycles. The van der Waals surface area contributed by atoms with E-state index >= 15 is 0 Å². The Kier molecular flexibility index (Phi) is 11.3. The summed E-state index contributed by atoms with van der Waals surface area (Å²) in [5, 5.41) is 23.7. The van der Waals surface area contributed by atoms with Crippen molar-refractivity contribution >= 4 is 44.1 Å². The first-order valence-corrected chi connectivity index (χ1v) is 13.7. The van der Waals surface area contributed by atoms with E-state index in [-0.39, 0.29) is 18.2 Å². The van der Waals surface area contributed by atoms with Crippen molar-refractivity contribution in [2.75, 3.05) is 26.8 Å². The van der Waals surface area contributed by atoms with Crippen molar-refractivity contribution in [2.45, 2.75) is 53.1 Å². The van der Waals surface area contributed by atoms with Crippen LogP contribution in [-0.4, -0.2) is 53.0 Å². The lowest BCUT2D eigenvalue weighted by atomic mass is 10.1. The van der Waals surface area contributed by atoms with Crippen LogP contribution in [0.15, 0.2) is 62.3 Å². The molecule has 1 heterocycles. The quantitative estimate of drug-likeness (QED) is 0.124. The number of methoxy groups -OCH3 is 1. The fourth-order valence-corrected chi connectivity index (χ4v) is 4.32. The van der Waals surface area contributed by atoms with E-state index in [0.29, 0.717) is 17.8 Å². The SMILES string of the molecule is CCCCN(CCCC)Cn1c(O)c(N=NC(=O)CON=C(C)c2ccc(OC)cc2)c2cc(Br)ccc21. The summed E-state index contributed by atoms with van der Waals surface area (Å²) in [5.74, 6) is 0.102. The summed E-state index contributed by atoms with van der Waals surface area (Å²) < 4.78 is 7.82. The maximum absolute atomic E-state index is 12.4. The van der Waals surface area contributed by atoms with Crippen molar-refractivity contribution in [1.82, 2.24) is 9.47 Å². The molecule has 2 aromatic carbocycles. The molecule has 0 bridgehead atoms. The second kappa shape index (κ2) is 14.6. The third-order valence-electron chi connectivity index (χ3n) is 6.13. The molecule has 10 heteroatoms. The number of benzene rings is 2. The smallest absolute Gasteiger partial charge is 0.304 e. The predicted octanol–water partition coefficient (Wildman–Crippen LogP) is 7.03. The summed E-state index contributed by atoms with van der Waals surface area (Å²) in [7, 11) is 1.60. The van der Waals surface area contributed by atoms with E-state index in [4.69, 9.17) is 9.57 Å². The maximum atomic E-state index is 12.4. The number of aromatic nitrogens is 1. The van der Waals surface area contributed by atoms with E-state index in [2.05, 4.69) is 50.1 Å². The summed E-state index contributed by atoms with van der Waals surface area (Å²) >= 11 is 3.49. The molecule has 1 amide bonds. The van der Waals surface area contributed by atoms with Crippen LogP contribution in [0, 0.1) is 0 Å². The number of oxime groups is 1. The molecule has 9 nitrogen and oxygen atoms in total. The van der Waals surface area contributed by atoms with Crippen LogP contribution in [0.5, 0.6) is 11.6 Å². The van der Waals surface area contributed by atoms with Crippen molar-refractivity contribution in [3.05, 3.63) is 52.5 Å². The Balaban J connectivity index is 1.75. The molecular formula is C28H36BrN5O4. The number of carbonyl (C=O) groups excluding carboxylic acids is 1. The van der Waals surface area contributed by atoms with Gasteiger partial charge >= 0.3 is 5.91 Å². The van der Waals surface area contributed by atoms with Crippen LogP contribution in [-0.2, 0) is 16.3 Å². The van der Waals surface area contributed by atoms with Gasteiger partial charge in [0.1, 0.15) is 5.75 Å². The van der Waals surface area contributed by atoms with Crippen molar-refractivity contribution in [1.29, 1.82) is 0 Å². The molecule has 0 aliphatic heterocycles. The number of carbonyl (C=O) groups is 1. The van der Waals surface area contributed by atoms with Gasteiger partial charge in [0.05, 0.1) is 25.0 Å². The highest BCUT2D eigenvalue weighted by atomic mass is 79.9. The number of hydrogen-bond donors (Lipinski definition) is 1. The first kappa shape index (κ1) is 29.3. The Bertz CT molecular complexity index is 1260. The monoisotopic (exact) mass is 585 g/mol. The van der Waals surface area contributed by atoms with Gasteiger partial charge < -0.3 is 14.7 Å². The normalized spacial score (nSPS) is 12.1. The van der Waals surface area contributed by atoms with E-state index in [1.165, 1.54) is 0 Å². The van der Waals surface area contributed by atoms with Crippen molar-refractivity contribution < 1.29 is 19.5 Å². The van der Waals surface area contributed by atoms with Crippen LogP contribution < -0.4 is 4.74 Å². The number of rotatable bonds is 14. The molecule has 0 saturated heterocycles. The first-order chi connectivity index (χ1) is 18.4. The molecule has 0 radical (unpaired) electrons. The van der Waals surface area contributed by atoms with Gasteiger partial charge in [-0.1, -0.05) is 47.8 Å². The van der Waals surface area contributed by atoms with Gasteiger partial charge in [0.15, 0.2) is 12.3 Å². The highest BCUT2D eigenvalue weighted by Gasteiger charge is 2.19. The first-order valence-electron chi connectivity index (χ1n) is 12.9. The van der Waals surface area contributed by atoms with Crippen LogP contribution in [0.2, 0.25) is 0 Å². The van der Waals surface area contributed by atoms with Gasteiger partial charge in [-0.05, 0) is 80.9 Å². The van der Waals surface area contributed by atoms with Crippen LogP contribution >= 0.6 is 15.9 Å². The highest BCUT2D eigenvalue weighted by Crippen LogP contribution is 2.40. The molecule has 204 valence electrons. The molecule has 0 aliphatic rings. The fraction of sp³-hybridized carbons (Fsp3) is 0.429. The number of unbranched alkanes of at least 4 members (excludes halogenated alkanes) is 2.